The van der Waals surface area contributed by atoms with Crippen LogP contribution in [-0.2, 0) is 4.79 Å². The van der Waals surface area contributed by atoms with Crippen molar-refractivity contribution in [3.8, 4) is 0 Å². The summed E-state index contributed by atoms with van der Waals surface area (Å²) in [6.45, 7) is 3.72. The second kappa shape index (κ2) is 9.42. The molecule has 0 aliphatic carbocycles. The number of carbonyl (C=O) groups is 1. The van der Waals surface area contributed by atoms with Gasteiger partial charge in [0.15, 0.2) is 5.13 Å². The first-order valence-electron chi connectivity index (χ1n) is 7.77. The predicted molar refractivity (Wildman–Crippen MR) is 106 cm³/mol. The number of halogens is 2. The number of amides is 1. The highest BCUT2D eigenvalue weighted by molar-refractivity contribution is 7.22. The third-order valence-corrected chi connectivity index (χ3v) is 5.02. The van der Waals surface area contributed by atoms with E-state index in [1.807, 2.05) is 19.1 Å². The van der Waals surface area contributed by atoms with Gasteiger partial charge in [0.2, 0.25) is 5.91 Å². The van der Waals surface area contributed by atoms with Crippen molar-refractivity contribution in [2.45, 2.75) is 38.3 Å². The number of nitrogens with zero attached hydrogens (tertiary/aromatic N) is 2. The molecular formula is C16H24Cl2N4OS. The highest BCUT2D eigenvalue weighted by atomic mass is 35.5. The molecule has 8 heteroatoms. The van der Waals surface area contributed by atoms with Crippen LogP contribution in [-0.4, -0.2) is 36.1 Å². The lowest BCUT2D eigenvalue weighted by molar-refractivity contribution is -0.122. The van der Waals surface area contributed by atoms with E-state index >= 15 is 0 Å². The van der Waals surface area contributed by atoms with Gasteiger partial charge in [0.25, 0.3) is 0 Å². The summed E-state index contributed by atoms with van der Waals surface area (Å²) in [5.41, 5.74) is 6.72. The monoisotopic (exact) mass is 390 g/mol. The molecule has 1 fully saturated rings. The van der Waals surface area contributed by atoms with Crippen LogP contribution in [0.5, 0.6) is 0 Å². The van der Waals surface area contributed by atoms with Crippen LogP contribution in [0.3, 0.4) is 0 Å². The van der Waals surface area contributed by atoms with Gasteiger partial charge in [-0.1, -0.05) is 23.5 Å². The zero-order valence-corrected chi connectivity index (χ0v) is 16.1. The average molecular weight is 391 g/mol. The summed E-state index contributed by atoms with van der Waals surface area (Å²) < 4.78 is 1.23. The summed E-state index contributed by atoms with van der Waals surface area (Å²) in [6, 6.07) is 8.41. The van der Waals surface area contributed by atoms with E-state index in [0.29, 0.717) is 6.42 Å². The number of fused-ring (bicyclic) bond motifs is 1. The zero-order chi connectivity index (χ0) is 15.5. The number of para-hydroxylation sites is 1. The fourth-order valence-corrected chi connectivity index (χ4v) is 3.81. The Bertz CT molecular complexity index is 623. The molecule has 134 valence electrons. The van der Waals surface area contributed by atoms with E-state index in [0.717, 1.165) is 36.6 Å². The number of rotatable bonds is 4. The molecule has 1 amide bonds. The summed E-state index contributed by atoms with van der Waals surface area (Å²) in [7, 11) is 0. The standard InChI is InChI=1S/C16H22N4OS.2ClH/c1-11(17)10-15(21)18-12-6-8-20(9-7-12)16-19-13-4-2-3-5-14(13)22-16;;/h2-5,11-12H,6-10,17H2,1H3,(H,18,21);2*1H. The largest absolute Gasteiger partial charge is 0.353 e. The quantitative estimate of drug-likeness (QED) is 0.841. The van der Waals surface area contributed by atoms with E-state index < -0.39 is 0 Å². The van der Waals surface area contributed by atoms with Crippen molar-refractivity contribution in [2.24, 2.45) is 5.73 Å². The molecule has 1 aromatic heterocycles. The maximum atomic E-state index is 11.8. The van der Waals surface area contributed by atoms with Gasteiger partial charge in [0, 0.05) is 31.6 Å². The first kappa shape index (κ1) is 21.0. The fraction of sp³-hybridized carbons (Fsp3) is 0.500. The third kappa shape index (κ3) is 5.21. The molecule has 2 heterocycles. The molecule has 1 unspecified atom stereocenters. The van der Waals surface area contributed by atoms with Crippen LogP contribution in [0.4, 0.5) is 5.13 Å². The molecular weight excluding hydrogens is 367 g/mol. The van der Waals surface area contributed by atoms with E-state index in [9.17, 15) is 4.79 Å². The van der Waals surface area contributed by atoms with E-state index in [1.54, 1.807) is 11.3 Å². The van der Waals surface area contributed by atoms with Crippen molar-refractivity contribution < 1.29 is 4.79 Å². The van der Waals surface area contributed by atoms with Gasteiger partial charge in [0.1, 0.15) is 0 Å². The Morgan fingerprint density at radius 2 is 2.04 bits per heavy atom. The number of carbonyl (C=O) groups excluding carboxylic acids is 1. The van der Waals surface area contributed by atoms with E-state index in [4.69, 9.17) is 10.7 Å². The number of anilines is 1. The molecule has 2 aromatic rings. The van der Waals surface area contributed by atoms with Crippen molar-refractivity contribution in [1.82, 2.24) is 10.3 Å². The first-order valence-corrected chi connectivity index (χ1v) is 8.59. The molecule has 0 saturated carbocycles. The lowest BCUT2D eigenvalue weighted by atomic mass is 10.1. The summed E-state index contributed by atoms with van der Waals surface area (Å²) >= 11 is 1.74. The Morgan fingerprint density at radius 3 is 2.67 bits per heavy atom. The molecule has 1 aliphatic rings. The molecule has 0 bridgehead atoms. The number of nitrogens with one attached hydrogen (secondary N) is 1. The Hall–Kier alpha value is -1.08. The molecule has 24 heavy (non-hydrogen) atoms. The molecule has 1 aliphatic heterocycles. The van der Waals surface area contributed by atoms with Gasteiger partial charge in [0.05, 0.1) is 10.2 Å². The number of nitrogens with two attached hydrogens (primary N) is 1. The van der Waals surface area contributed by atoms with Gasteiger partial charge >= 0.3 is 0 Å². The summed E-state index contributed by atoms with van der Waals surface area (Å²) in [6.07, 6.45) is 2.32. The van der Waals surface area contributed by atoms with E-state index in [-0.39, 0.29) is 42.8 Å². The Labute approximate surface area is 158 Å². The van der Waals surface area contributed by atoms with E-state index in [2.05, 4.69) is 22.3 Å². The van der Waals surface area contributed by atoms with Crippen molar-refractivity contribution in [1.29, 1.82) is 0 Å². The first-order chi connectivity index (χ1) is 10.6. The summed E-state index contributed by atoms with van der Waals surface area (Å²) in [4.78, 5) is 18.8. The van der Waals surface area contributed by atoms with Crippen molar-refractivity contribution >= 4 is 57.4 Å². The van der Waals surface area contributed by atoms with Gasteiger partial charge in [-0.3, -0.25) is 4.79 Å². The number of aromatic nitrogens is 1. The fourth-order valence-electron chi connectivity index (χ4n) is 2.79. The SMILES string of the molecule is CC(N)CC(=O)NC1CCN(c2nc3ccccc3s2)CC1.Cl.Cl. The minimum atomic E-state index is -0.0807. The second-order valence-electron chi connectivity index (χ2n) is 5.97. The van der Waals surface area contributed by atoms with E-state index in [1.165, 1.54) is 4.70 Å². The number of piperidine rings is 1. The van der Waals surface area contributed by atoms with Crippen molar-refractivity contribution in [3.05, 3.63) is 24.3 Å². The molecule has 3 rings (SSSR count). The maximum Gasteiger partial charge on any atom is 0.221 e. The highest BCUT2D eigenvalue weighted by Gasteiger charge is 2.22. The predicted octanol–water partition coefficient (Wildman–Crippen LogP) is 2.96. The van der Waals surface area contributed by atoms with Gasteiger partial charge in [-0.15, -0.1) is 24.8 Å². The maximum absolute atomic E-state index is 11.8. The molecule has 3 N–H and O–H groups in total. The van der Waals surface area contributed by atoms with Crippen molar-refractivity contribution in [2.75, 3.05) is 18.0 Å². The normalized spacial score (nSPS) is 16.2. The molecule has 0 radical (unpaired) electrons. The minimum Gasteiger partial charge on any atom is -0.353 e. The van der Waals surface area contributed by atoms with Crippen LogP contribution < -0.4 is 16.0 Å². The number of thiazole rings is 1. The van der Waals surface area contributed by atoms with Gasteiger partial charge in [-0.25, -0.2) is 4.98 Å². The lowest BCUT2D eigenvalue weighted by Gasteiger charge is -2.32. The molecule has 1 atom stereocenters. The van der Waals surface area contributed by atoms with Crippen LogP contribution in [0.15, 0.2) is 24.3 Å². The number of hydrogen-bond acceptors (Lipinski definition) is 5. The molecule has 1 aromatic carbocycles. The molecule has 1 saturated heterocycles. The number of benzene rings is 1. The van der Waals surface area contributed by atoms with Crippen LogP contribution in [0.2, 0.25) is 0 Å². The van der Waals surface area contributed by atoms with Gasteiger partial charge in [-0.2, -0.15) is 0 Å². The zero-order valence-electron chi connectivity index (χ0n) is 13.6. The lowest BCUT2D eigenvalue weighted by Crippen LogP contribution is -2.45. The molecule has 0 spiro atoms. The Kier molecular flexibility index (Phi) is 8.22. The second-order valence-corrected chi connectivity index (χ2v) is 6.98. The van der Waals surface area contributed by atoms with Gasteiger partial charge in [-0.05, 0) is 31.9 Å². The highest BCUT2D eigenvalue weighted by Crippen LogP contribution is 2.30. The van der Waals surface area contributed by atoms with Crippen LogP contribution >= 0.6 is 36.2 Å². The third-order valence-electron chi connectivity index (χ3n) is 3.92. The van der Waals surface area contributed by atoms with Crippen LogP contribution in [0.25, 0.3) is 10.2 Å². The smallest absolute Gasteiger partial charge is 0.221 e. The molecule has 5 nitrogen and oxygen atoms in total. The Morgan fingerprint density at radius 1 is 1.38 bits per heavy atom. The summed E-state index contributed by atoms with van der Waals surface area (Å²) in [5.74, 6) is 0.0634. The van der Waals surface area contributed by atoms with Crippen LogP contribution in [0, 0.1) is 0 Å². The minimum absolute atomic E-state index is 0. The van der Waals surface area contributed by atoms with Gasteiger partial charge < -0.3 is 16.0 Å². The van der Waals surface area contributed by atoms with Crippen LogP contribution in [0.1, 0.15) is 26.2 Å². The Balaban J connectivity index is 0.00000144. The van der Waals surface area contributed by atoms with Crippen molar-refractivity contribution in [3.63, 3.8) is 0 Å². The number of hydrogen-bond donors (Lipinski definition) is 2. The summed E-state index contributed by atoms with van der Waals surface area (Å²) in [5, 5.41) is 4.17. The average Bonchev–Trinajstić information content (AvgIpc) is 2.91. The topological polar surface area (TPSA) is 71.2 Å².